The summed E-state index contributed by atoms with van der Waals surface area (Å²) in [7, 11) is 0. The Balaban J connectivity index is 2.22. The monoisotopic (exact) mass is 259 g/mol. The van der Waals surface area contributed by atoms with Gasteiger partial charge in [-0.05, 0) is 30.7 Å². The van der Waals surface area contributed by atoms with Gasteiger partial charge in [-0.2, -0.15) is 5.26 Å². The molecule has 1 aromatic carbocycles. The van der Waals surface area contributed by atoms with E-state index in [1.165, 1.54) is 0 Å². The molecule has 6 heteroatoms. The third kappa shape index (κ3) is 2.65. The lowest BCUT2D eigenvalue weighted by molar-refractivity contribution is -0.116. The van der Waals surface area contributed by atoms with E-state index in [4.69, 9.17) is 10.00 Å². The van der Waals surface area contributed by atoms with Gasteiger partial charge < -0.3 is 10.1 Å². The lowest BCUT2D eigenvalue weighted by Gasteiger charge is -2.08. The molecule has 19 heavy (non-hydrogen) atoms. The van der Waals surface area contributed by atoms with E-state index >= 15 is 0 Å². The van der Waals surface area contributed by atoms with Crippen LogP contribution in [-0.4, -0.2) is 18.6 Å². The van der Waals surface area contributed by atoms with Crippen molar-refractivity contribution < 1.29 is 14.3 Å². The van der Waals surface area contributed by atoms with Crippen molar-refractivity contribution in [1.82, 2.24) is 0 Å². The van der Waals surface area contributed by atoms with Crippen LogP contribution in [0, 0.1) is 11.3 Å². The van der Waals surface area contributed by atoms with Gasteiger partial charge in [-0.3, -0.25) is 10.1 Å². The van der Waals surface area contributed by atoms with Gasteiger partial charge in [-0.25, -0.2) is 4.79 Å². The molecule has 2 amide bonds. The summed E-state index contributed by atoms with van der Waals surface area (Å²) in [6, 6.07) is 7.05. The number of amides is 2. The van der Waals surface area contributed by atoms with E-state index in [9.17, 15) is 9.59 Å². The number of nitrogens with one attached hydrogen (secondary N) is 2. The van der Waals surface area contributed by atoms with E-state index in [1.807, 2.05) is 6.07 Å². The van der Waals surface area contributed by atoms with Gasteiger partial charge in [0.1, 0.15) is 0 Å². The van der Waals surface area contributed by atoms with Gasteiger partial charge in [-0.15, -0.1) is 0 Å². The van der Waals surface area contributed by atoms with Crippen molar-refractivity contribution in [3.8, 4) is 6.07 Å². The average molecular weight is 259 g/mol. The van der Waals surface area contributed by atoms with Crippen molar-refractivity contribution in [3.05, 3.63) is 23.8 Å². The number of carbonyl (C=O) groups excluding carboxylic acids is 2. The predicted molar refractivity (Wildman–Crippen MR) is 68.7 cm³/mol. The molecule has 6 nitrogen and oxygen atoms in total. The third-order valence-electron chi connectivity index (χ3n) is 2.82. The van der Waals surface area contributed by atoms with Crippen molar-refractivity contribution in [2.45, 2.75) is 19.3 Å². The van der Waals surface area contributed by atoms with Gasteiger partial charge >= 0.3 is 6.09 Å². The van der Waals surface area contributed by atoms with Gasteiger partial charge in [0.25, 0.3) is 0 Å². The van der Waals surface area contributed by atoms with Crippen LogP contribution in [0.3, 0.4) is 0 Å². The molecule has 0 fully saturated rings. The maximum absolute atomic E-state index is 11.7. The molecule has 1 atom stereocenters. The van der Waals surface area contributed by atoms with E-state index in [1.54, 1.807) is 25.1 Å². The summed E-state index contributed by atoms with van der Waals surface area (Å²) >= 11 is 0. The molecule has 0 spiro atoms. The molecule has 98 valence electrons. The highest BCUT2D eigenvalue weighted by atomic mass is 16.5. The highest BCUT2D eigenvalue weighted by molar-refractivity contribution is 6.03. The maximum Gasteiger partial charge on any atom is 0.411 e. The quantitative estimate of drug-likeness (QED) is 0.870. The first-order chi connectivity index (χ1) is 9.15. The number of ether oxygens (including phenoxy) is 1. The van der Waals surface area contributed by atoms with Crippen LogP contribution in [0.2, 0.25) is 0 Å². The summed E-state index contributed by atoms with van der Waals surface area (Å²) < 4.78 is 4.78. The second kappa shape index (κ2) is 5.40. The summed E-state index contributed by atoms with van der Waals surface area (Å²) in [5.41, 5.74) is 1.94. The van der Waals surface area contributed by atoms with Crippen LogP contribution in [0.4, 0.5) is 16.2 Å². The standard InChI is InChI=1S/C13H13N3O3/c1-2-19-13(18)15-8-3-4-11-10(7-8)9(5-6-14)12(17)16-11/h3-4,7,9H,2,5H2,1H3,(H,15,18)(H,16,17). The first-order valence-corrected chi connectivity index (χ1v) is 5.91. The largest absolute Gasteiger partial charge is 0.450 e. The molecule has 0 saturated carbocycles. The number of carbonyl (C=O) groups is 2. The van der Waals surface area contributed by atoms with E-state index in [0.29, 0.717) is 11.4 Å². The molecule has 0 saturated heterocycles. The summed E-state index contributed by atoms with van der Waals surface area (Å²) in [4.78, 5) is 23.0. The zero-order valence-corrected chi connectivity index (χ0v) is 10.4. The maximum atomic E-state index is 11.7. The first kappa shape index (κ1) is 12.9. The summed E-state index contributed by atoms with van der Waals surface area (Å²) in [5, 5.41) is 14.0. The second-order valence-corrected chi connectivity index (χ2v) is 4.05. The molecule has 1 unspecified atom stereocenters. The molecule has 1 aliphatic heterocycles. The predicted octanol–water partition coefficient (Wildman–Crippen LogP) is 2.20. The fourth-order valence-electron chi connectivity index (χ4n) is 1.98. The Hall–Kier alpha value is -2.55. The Kier molecular flexibility index (Phi) is 3.66. The number of hydrogen-bond acceptors (Lipinski definition) is 4. The highest BCUT2D eigenvalue weighted by Gasteiger charge is 2.30. The molecule has 2 N–H and O–H groups in total. The normalized spacial score (nSPS) is 16.2. The van der Waals surface area contributed by atoms with Crippen LogP contribution in [0.5, 0.6) is 0 Å². The third-order valence-corrected chi connectivity index (χ3v) is 2.82. The molecule has 1 aromatic rings. The van der Waals surface area contributed by atoms with E-state index in [0.717, 1.165) is 5.56 Å². The first-order valence-electron chi connectivity index (χ1n) is 5.91. The van der Waals surface area contributed by atoms with Crippen LogP contribution < -0.4 is 10.6 Å². The lowest BCUT2D eigenvalue weighted by atomic mass is 9.97. The SMILES string of the molecule is CCOC(=O)Nc1ccc2c(c1)C(CC#N)C(=O)N2. The molecular formula is C13H13N3O3. The number of benzene rings is 1. The van der Waals surface area contributed by atoms with Crippen LogP contribution in [-0.2, 0) is 9.53 Å². The zero-order chi connectivity index (χ0) is 13.8. The van der Waals surface area contributed by atoms with Crippen LogP contribution in [0.15, 0.2) is 18.2 Å². The molecule has 1 aliphatic rings. The average Bonchev–Trinajstić information content (AvgIpc) is 2.67. The fourth-order valence-corrected chi connectivity index (χ4v) is 1.98. The summed E-state index contributed by atoms with van der Waals surface area (Å²) in [6.07, 6.45) is -0.432. The summed E-state index contributed by atoms with van der Waals surface area (Å²) in [6.45, 7) is 2.00. The smallest absolute Gasteiger partial charge is 0.411 e. The molecular weight excluding hydrogens is 246 g/mol. The minimum absolute atomic E-state index is 0.113. The number of anilines is 2. The van der Waals surface area contributed by atoms with Crippen molar-refractivity contribution in [2.24, 2.45) is 0 Å². The van der Waals surface area contributed by atoms with Crippen molar-refractivity contribution in [1.29, 1.82) is 5.26 Å². The van der Waals surface area contributed by atoms with E-state index in [-0.39, 0.29) is 18.9 Å². The molecule has 0 aliphatic carbocycles. The van der Waals surface area contributed by atoms with Gasteiger partial charge in [-0.1, -0.05) is 0 Å². The number of nitriles is 1. The number of rotatable bonds is 3. The van der Waals surface area contributed by atoms with Crippen molar-refractivity contribution in [3.63, 3.8) is 0 Å². The minimum Gasteiger partial charge on any atom is -0.450 e. The Morgan fingerprint density at radius 3 is 3.05 bits per heavy atom. The Labute approximate surface area is 110 Å². The molecule has 2 rings (SSSR count). The Morgan fingerprint density at radius 2 is 2.37 bits per heavy atom. The number of fused-ring (bicyclic) bond motifs is 1. The highest BCUT2D eigenvalue weighted by Crippen LogP contribution is 2.36. The molecule has 0 aromatic heterocycles. The topological polar surface area (TPSA) is 91.2 Å². The molecule has 0 bridgehead atoms. The van der Waals surface area contributed by atoms with Crippen LogP contribution in [0.1, 0.15) is 24.8 Å². The second-order valence-electron chi connectivity index (χ2n) is 4.05. The van der Waals surface area contributed by atoms with Crippen molar-refractivity contribution in [2.75, 3.05) is 17.2 Å². The lowest BCUT2D eigenvalue weighted by Crippen LogP contribution is -2.13. The van der Waals surface area contributed by atoms with Gasteiger partial charge in [0.05, 0.1) is 25.0 Å². The van der Waals surface area contributed by atoms with Gasteiger partial charge in [0.2, 0.25) is 5.91 Å². The van der Waals surface area contributed by atoms with Crippen LogP contribution in [0.25, 0.3) is 0 Å². The van der Waals surface area contributed by atoms with E-state index in [2.05, 4.69) is 10.6 Å². The Morgan fingerprint density at radius 1 is 1.58 bits per heavy atom. The van der Waals surface area contributed by atoms with Gasteiger partial charge in [0, 0.05) is 11.4 Å². The van der Waals surface area contributed by atoms with Crippen molar-refractivity contribution >= 4 is 23.4 Å². The minimum atomic E-state index is -0.545. The fraction of sp³-hybridized carbons (Fsp3) is 0.308. The number of nitrogens with zero attached hydrogens (tertiary/aromatic N) is 1. The van der Waals surface area contributed by atoms with Gasteiger partial charge in [0.15, 0.2) is 0 Å². The number of hydrogen-bond donors (Lipinski definition) is 2. The van der Waals surface area contributed by atoms with Crippen LogP contribution >= 0.6 is 0 Å². The molecule has 0 radical (unpaired) electrons. The molecule has 1 heterocycles. The zero-order valence-electron chi connectivity index (χ0n) is 10.4. The van der Waals surface area contributed by atoms with E-state index < -0.39 is 12.0 Å². The summed E-state index contributed by atoms with van der Waals surface area (Å²) in [5.74, 6) is -0.672. The Bertz CT molecular complexity index is 563.